The number of rotatable bonds is 5. The summed E-state index contributed by atoms with van der Waals surface area (Å²) in [4.78, 5) is 28.4. The van der Waals surface area contributed by atoms with Gasteiger partial charge in [0.05, 0.1) is 12.1 Å². The van der Waals surface area contributed by atoms with Gasteiger partial charge in [-0.25, -0.2) is 13.4 Å². The molecule has 8 nitrogen and oxygen atoms in total. The molecular weight excluding hydrogens is 356 g/mol. The zero-order chi connectivity index (χ0) is 18.7. The Labute approximate surface area is 151 Å². The fourth-order valence-corrected chi connectivity index (χ4v) is 3.98. The van der Waals surface area contributed by atoms with Crippen LogP contribution in [0.4, 0.5) is 0 Å². The molecule has 0 spiro atoms. The van der Waals surface area contributed by atoms with Crippen molar-refractivity contribution in [3.05, 3.63) is 30.1 Å². The molecule has 1 aliphatic carbocycles. The highest BCUT2D eigenvalue weighted by atomic mass is 32.2. The molecule has 0 saturated heterocycles. The topological polar surface area (TPSA) is 110 Å². The van der Waals surface area contributed by atoms with Crippen LogP contribution in [0.5, 0.6) is 0 Å². The fraction of sp³-hybridized carbons (Fsp3) is 0.471. The molecule has 0 radical (unpaired) electrons. The lowest BCUT2D eigenvalue weighted by molar-refractivity contribution is -0.121. The number of carbonyl (C=O) groups excluding carboxylic acids is 2. The van der Waals surface area contributed by atoms with E-state index < -0.39 is 15.7 Å². The maximum Gasteiger partial charge on any atom is 0.272 e. The molecule has 2 N–H and O–H groups in total. The van der Waals surface area contributed by atoms with E-state index in [0.29, 0.717) is 5.52 Å². The van der Waals surface area contributed by atoms with Gasteiger partial charge in [0.2, 0.25) is 20.9 Å². The van der Waals surface area contributed by atoms with Crippen LogP contribution in [0.1, 0.15) is 42.6 Å². The average Bonchev–Trinajstić information content (AvgIpc) is 3.01. The van der Waals surface area contributed by atoms with Gasteiger partial charge < -0.3 is 10.6 Å². The highest BCUT2D eigenvalue weighted by Gasteiger charge is 2.23. The number of nitrogens with zero attached hydrogens (tertiary/aromatic N) is 2. The second-order valence-corrected chi connectivity index (χ2v) is 8.47. The quantitative estimate of drug-likeness (QED) is 0.804. The molecule has 0 atom stereocenters. The third kappa shape index (κ3) is 4.04. The smallest absolute Gasteiger partial charge is 0.272 e. The number of hydrogen-bond donors (Lipinski definition) is 2. The third-order valence-electron chi connectivity index (χ3n) is 4.44. The van der Waals surface area contributed by atoms with Gasteiger partial charge in [-0.3, -0.25) is 14.0 Å². The van der Waals surface area contributed by atoms with Crippen molar-refractivity contribution in [2.24, 2.45) is 0 Å². The third-order valence-corrected chi connectivity index (χ3v) is 5.39. The molecule has 2 amide bonds. The van der Waals surface area contributed by atoms with Crippen molar-refractivity contribution in [1.82, 2.24) is 20.0 Å². The molecule has 140 valence electrons. The zero-order valence-corrected chi connectivity index (χ0v) is 15.4. The summed E-state index contributed by atoms with van der Waals surface area (Å²) in [6, 6.07) is 5.12. The molecule has 2 heterocycles. The van der Waals surface area contributed by atoms with E-state index in [0.717, 1.165) is 31.9 Å². The van der Waals surface area contributed by atoms with Crippen LogP contribution in [0, 0.1) is 0 Å². The van der Waals surface area contributed by atoms with Crippen LogP contribution in [0.25, 0.3) is 5.52 Å². The summed E-state index contributed by atoms with van der Waals surface area (Å²) in [7, 11) is -3.60. The van der Waals surface area contributed by atoms with Gasteiger partial charge in [-0.2, -0.15) is 0 Å². The van der Waals surface area contributed by atoms with Gasteiger partial charge in [-0.05, 0) is 25.0 Å². The van der Waals surface area contributed by atoms with E-state index in [1.54, 1.807) is 18.2 Å². The maximum atomic E-state index is 12.4. The van der Waals surface area contributed by atoms with Crippen molar-refractivity contribution in [3.63, 3.8) is 0 Å². The lowest BCUT2D eigenvalue weighted by atomic mass is 9.95. The first-order valence-electron chi connectivity index (χ1n) is 8.61. The minimum absolute atomic E-state index is 0.0171. The van der Waals surface area contributed by atoms with E-state index in [-0.39, 0.29) is 29.3 Å². The van der Waals surface area contributed by atoms with Gasteiger partial charge in [0, 0.05) is 18.5 Å². The van der Waals surface area contributed by atoms with Crippen molar-refractivity contribution in [1.29, 1.82) is 0 Å². The lowest BCUT2D eigenvalue weighted by Gasteiger charge is -2.22. The first-order valence-corrected chi connectivity index (χ1v) is 10.5. The molecule has 0 bridgehead atoms. The number of imidazole rings is 1. The molecule has 9 heteroatoms. The number of fused-ring (bicyclic) bond motifs is 1. The number of sulfone groups is 1. The summed E-state index contributed by atoms with van der Waals surface area (Å²) in [5.74, 6) is -0.834. The van der Waals surface area contributed by atoms with Crippen molar-refractivity contribution in [2.75, 3.05) is 12.8 Å². The van der Waals surface area contributed by atoms with E-state index in [1.807, 2.05) is 0 Å². The van der Waals surface area contributed by atoms with E-state index >= 15 is 0 Å². The summed E-state index contributed by atoms with van der Waals surface area (Å²) in [5.41, 5.74) is 0.356. The van der Waals surface area contributed by atoms with Gasteiger partial charge in [0.1, 0.15) is 0 Å². The van der Waals surface area contributed by atoms with E-state index in [9.17, 15) is 18.0 Å². The predicted molar refractivity (Wildman–Crippen MR) is 95.7 cm³/mol. The van der Waals surface area contributed by atoms with E-state index in [4.69, 9.17) is 0 Å². The SMILES string of the molecule is CS(=O)(=O)c1nc(C(=O)NCC(=O)NC2CCCCC2)c2ccccn12. The summed E-state index contributed by atoms with van der Waals surface area (Å²) < 4.78 is 25.1. The van der Waals surface area contributed by atoms with E-state index in [2.05, 4.69) is 15.6 Å². The number of nitrogens with one attached hydrogen (secondary N) is 2. The van der Waals surface area contributed by atoms with Gasteiger partial charge in [0.15, 0.2) is 5.69 Å². The number of aromatic nitrogens is 2. The van der Waals surface area contributed by atoms with Crippen molar-refractivity contribution in [2.45, 2.75) is 43.3 Å². The fourth-order valence-electron chi connectivity index (χ4n) is 3.21. The number of hydrogen-bond acceptors (Lipinski definition) is 5. The molecule has 3 rings (SSSR count). The van der Waals surface area contributed by atoms with Gasteiger partial charge >= 0.3 is 0 Å². The summed E-state index contributed by atoms with van der Waals surface area (Å²) in [6.07, 6.45) is 7.89. The number of pyridine rings is 1. The molecule has 1 saturated carbocycles. The Hall–Kier alpha value is -2.42. The Morgan fingerprint density at radius 1 is 1.23 bits per heavy atom. The monoisotopic (exact) mass is 378 g/mol. The maximum absolute atomic E-state index is 12.4. The molecular formula is C17H22N4O4S. The largest absolute Gasteiger partial charge is 0.352 e. The Morgan fingerprint density at radius 3 is 2.65 bits per heavy atom. The van der Waals surface area contributed by atoms with Crippen molar-refractivity contribution >= 4 is 27.2 Å². The highest BCUT2D eigenvalue weighted by Crippen LogP contribution is 2.18. The normalized spacial score (nSPS) is 15.7. The Bertz CT molecular complexity index is 929. The minimum Gasteiger partial charge on any atom is -0.352 e. The van der Waals surface area contributed by atoms with Crippen LogP contribution >= 0.6 is 0 Å². The van der Waals surface area contributed by atoms with E-state index in [1.165, 1.54) is 17.0 Å². The second kappa shape index (κ2) is 7.45. The average molecular weight is 378 g/mol. The molecule has 2 aromatic heterocycles. The zero-order valence-electron chi connectivity index (χ0n) is 14.6. The van der Waals surface area contributed by atoms with Crippen molar-refractivity contribution < 1.29 is 18.0 Å². The summed E-state index contributed by atoms with van der Waals surface area (Å²) in [5, 5.41) is 5.24. The van der Waals surface area contributed by atoms with Gasteiger partial charge in [-0.1, -0.05) is 25.3 Å². The number of amides is 2. The standard InChI is InChI=1S/C17H22N4O4S/c1-26(24,25)17-20-15(13-9-5-6-10-21(13)17)16(23)18-11-14(22)19-12-7-3-2-4-8-12/h5-6,9-10,12H,2-4,7-8,11H2,1H3,(H,18,23)(H,19,22). The Kier molecular flexibility index (Phi) is 5.26. The first kappa shape index (κ1) is 18.4. The van der Waals surface area contributed by atoms with Crippen LogP contribution in [0.2, 0.25) is 0 Å². The van der Waals surface area contributed by atoms with Crippen LogP contribution in [-0.4, -0.2) is 48.5 Å². The first-order chi connectivity index (χ1) is 12.4. The number of carbonyl (C=O) groups is 2. The minimum atomic E-state index is -3.60. The highest BCUT2D eigenvalue weighted by molar-refractivity contribution is 7.90. The summed E-state index contributed by atoms with van der Waals surface area (Å²) in [6.45, 7) is -0.171. The Morgan fingerprint density at radius 2 is 1.96 bits per heavy atom. The molecule has 0 aliphatic heterocycles. The molecule has 0 unspecified atom stereocenters. The van der Waals surface area contributed by atoms with Gasteiger partial charge in [0.25, 0.3) is 5.91 Å². The lowest BCUT2D eigenvalue weighted by Crippen LogP contribution is -2.42. The van der Waals surface area contributed by atoms with Crippen LogP contribution in [-0.2, 0) is 14.6 Å². The molecule has 0 aromatic carbocycles. The summed E-state index contributed by atoms with van der Waals surface area (Å²) >= 11 is 0. The Balaban J connectivity index is 1.71. The van der Waals surface area contributed by atoms with Crippen LogP contribution < -0.4 is 10.6 Å². The van der Waals surface area contributed by atoms with Crippen LogP contribution in [0.15, 0.2) is 29.6 Å². The van der Waals surface area contributed by atoms with Crippen LogP contribution in [0.3, 0.4) is 0 Å². The predicted octanol–water partition coefficient (Wildman–Crippen LogP) is 0.916. The van der Waals surface area contributed by atoms with Crippen molar-refractivity contribution in [3.8, 4) is 0 Å². The molecule has 2 aromatic rings. The molecule has 26 heavy (non-hydrogen) atoms. The molecule has 1 fully saturated rings. The second-order valence-electron chi connectivity index (χ2n) is 6.56. The molecule has 1 aliphatic rings. The van der Waals surface area contributed by atoms with Gasteiger partial charge in [-0.15, -0.1) is 0 Å².